The molecule has 0 aromatic heterocycles. The molecule has 1 aromatic rings. The van der Waals surface area contributed by atoms with Crippen molar-refractivity contribution < 1.29 is 4.79 Å². The van der Waals surface area contributed by atoms with Crippen LogP contribution < -0.4 is 16.4 Å². The number of hydrogen-bond donors (Lipinski definition) is 3. The SMILES string of the molecule is Nc1cc2c(cc1NC1CCN(C3CC3)C1)NC(=O)CC2. The Hall–Kier alpha value is -1.75. The van der Waals surface area contributed by atoms with E-state index >= 15 is 0 Å². The van der Waals surface area contributed by atoms with Crippen LogP contribution in [0.4, 0.5) is 17.1 Å². The quantitative estimate of drug-likeness (QED) is 0.741. The number of nitrogens with one attached hydrogen (secondary N) is 2. The van der Waals surface area contributed by atoms with E-state index in [1.807, 2.05) is 12.1 Å². The Bertz CT molecular complexity index is 582. The van der Waals surface area contributed by atoms with Crippen molar-refractivity contribution in [1.82, 2.24) is 4.90 Å². The summed E-state index contributed by atoms with van der Waals surface area (Å²) < 4.78 is 0. The van der Waals surface area contributed by atoms with Gasteiger partial charge >= 0.3 is 0 Å². The molecule has 2 fully saturated rings. The molecule has 112 valence electrons. The number of hydrogen-bond acceptors (Lipinski definition) is 4. The highest BCUT2D eigenvalue weighted by atomic mass is 16.1. The third kappa shape index (κ3) is 2.58. The molecule has 4 N–H and O–H groups in total. The van der Waals surface area contributed by atoms with Gasteiger partial charge in [0.25, 0.3) is 0 Å². The molecule has 1 unspecified atom stereocenters. The number of nitrogen functional groups attached to an aromatic ring is 1. The fourth-order valence-electron chi connectivity index (χ4n) is 3.47. The summed E-state index contributed by atoms with van der Waals surface area (Å²) in [5, 5.41) is 6.51. The first kappa shape index (κ1) is 13.0. The number of nitrogens with zero attached hydrogens (tertiary/aromatic N) is 1. The van der Waals surface area contributed by atoms with E-state index in [0.717, 1.165) is 41.6 Å². The van der Waals surface area contributed by atoms with Gasteiger partial charge in [-0.3, -0.25) is 9.69 Å². The molecule has 1 aliphatic carbocycles. The lowest BCUT2D eigenvalue weighted by molar-refractivity contribution is -0.116. The summed E-state index contributed by atoms with van der Waals surface area (Å²) in [7, 11) is 0. The Morgan fingerprint density at radius 2 is 2.10 bits per heavy atom. The van der Waals surface area contributed by atoms with E-state index in [9.17, 15) is 4.79 Å². The fourth-order valence-corrected chi connectivity index (χ4v) is 3.47. The van der Waals surface area contributed by atoms with Gasteiger partial charge in [-0.05, 0) is 43.4 Å². The molecule has 0 bridgehead atoms. The minimum atomic E-state index is 0.0963. The number of carbonyl (C=O) groups excluding carboxylic acids is 1. The van der Waals surface area contributed by atoms with Gasteiger partial charge < -0.3 is 16.4 Å². The number of aryl methyl sites for hydroxylation is 1. The molecule has 1 amide bonds. The predicted molar refractivity (Wildman–Crippen MR) is 84.4 cm³/mol. The Morgan fingerprint density at radius 1 is 1.24 bits per heavy atom. The normalized spacial score (nSPS) is 25.5. The predicted octanol–water partition coefficient (Wildman–Crippen LogP) is 1.80. The van der Waals surface area contributed by atoms with Crippen LogP contribution in [-0.4, -0.2) is 36.0 Å². The number of benzene rings is 1. The maximum atomic E-state index is 11.5. The molecular weight excluding hydrogens is 264 g/mol. The van der Waals surface area contributed by atoms with Crippen molar-refractivity contribution in [3.05, 3.63) is 17.7 Å². The Kier molecular flexibility index (Phi) is 3.03. The van der Waals surface area contributed by atoms with E-state index in [4.69, 9.17) is 5.73 Å². The lowest BCUT2D eigenvalue weighted by Gasteiger charge is -2.22. The van der Waals surface area contributed by atoms with Gasteiger partial charge in [0, 0.05) is 37.3 Å². The number of likely N-dealkylation sites (tertiary alicyclic amines) is 1. The van der Waals surface area contributed by atoms with Gasteiger partial charge in [0.2, 0.25) is 5.91 Å². The zero-order chi connectivity index (χ0) is 14.4. The monoisotopic (exact) mass is 286 g/mol. The molecule has 1 saturated carbocycles. The van der Waals surface area contributed by atoms with Gasteiger partial charge in [-0.2, -0.15) is 0 Å². The Labute approximate surface area is 124 Å². The fraction of sp³-hybridized carbons (Fsp3) is 0.562. The summed E-state index contributed by atoms with van der Waals surface area (Å²) in [6.07, 6.45) is 5.22. The van der Waals surface area contributed by atoms with Gasteiger partial charge in [-0.25, -0.2) is 0 Å². The van der Waals surface area contributed by atoms with E-state index in [0.29, 0.717) is 12.5 Å². The maximum Gasteiger partial charge on any atom is 0.224 e. The van der Waals surface area contributed by atoms with Crippen LogP contribution in [-0.2, 0) is 11.2 Å². The van der Waals surface area contributed by atoms with Crippen molar-refractivity contribution in [2.24, 2.45) is 0 Å². The lowest BCUT2D eigenvalue weighted by atomic mass is 10.0. The summed E-state index contributed by atoms with van der Waals surface area (Å²) in [6, 6.07) is 5.30. The summed E-state index contributed by atoms with van der Waals surface area (Å²) in [4.78, 5) is 14.1. The smallest absolute Gasteiger partial charge is 0.224 e. The molecule has 2 heterocycles. The summed E-state index contributed by atoms with van der Waals surface area (Å²) in [5.74, 6) is 0.0963. The number of fused-ring (bicyclic) bond motifs is 1. The highest BCUT2D eigenvalue weighted by molar-refractivity contribution is 5.95. The minimum Gasteiger partial charge on any atom is -0.397 e. The molecule has 2 aliphatic heterocycles. The second-order valence-electron chi connectivity index (χ2n) is 6.50. The van der Waals surface area contributed by atoms with Crippen molar-refractivity contribution in [2.45, 2.75) is 44.2 Å². The van der Waals surface area contributed by atoms with Crippen LogP contribution in [0.2, 0.25) is 0 Å². The van der Waals surface area contributed by atoms with Crippen LogP contribution in [0.3, 0.4) is 0 Å². The number of carbonyl (C=O) groups is 1. The average Bonchev–Trinajstić information content (AvgIpc) is 3.21. The summed E-state index contributed by atoms with van der Waals surface area (Å²) >= 11 is 0. The minimum absolute atomic E-state index is 0.0963. The Morgan fingerprint density at radius 3 is 2.90 bits per heavy atom. The molecule has 21 heavy (non-hydrogen) atoms. The van der Waals surface area contributed by atoms with Gasteiger partial charge in [-0.1, -0.05) is 0 Å². The van der Waals surface area contributed by atoms with Gasteiger partial charge in [0.15, 0.2) is 0 Å². The molecule has 3 aliphatic rings. The third-order valence-corrected chi connectivity index (χ3v) is 4.81. The van der Waals surface area contributed by atoms with Gasteiger partial charge in [0.1, 0.15) is 0 Å². The van der Waals surface area contributed by atoms with Crippen molar-refractivity contribution in [3.8, 4) is 0 Å². The van der Waals surface area contributed by atoms with Crippen molar-refractivity contribution in [3.63, 3.8) is 0 Å². The van der Waals surface area contributed by atoms with Crippen LogP contribution in [0.1, 0.15) is 31.2 Å². The van der Waals surface area contributed by atoms with Crippen molar-refractivity contribution >= 4 is 23.0 Å². The third-order valence-electron chi connectivity index (χ3n) is 4.81. The molecule has 4 rings (SSSR count). The number of rotatable bonds is 3. The van der Waals surface area contributed by atoms with Crippen LogP contribution in [0.15, 0.2) is 12.1 Å². The number of anilines is 3. The zero-order valence-corrected chi connectivity index (χ0v) is 12.2. The second-order valence-corrected chi connectivity index (χ2v) is 6.50. The van der Waals surface area contributed by atoms with Crippen molar-refractivity contribution in [1.29, 1.82) is 0 Å². The molecule has 5 heteroatoms. The van der Waals surface area contributed by atoms with Crippen LogP contribution in [0.5, 0.6) is 0 Å². The largest absolute Gasteiger partial charge is 0.397 e. The van der Waals surface area contributed by atoms with E-state index < -0.39 is 0 Å². The highest BCUT2D eigenvalue weighted by Gasteiger charge is 2.34. The molecule has 0 spiro atoms. The first-order valence-corrected chi connectivity index (χ1v) is 7.92. The maximum absolute atomic E-state index is 11.5. The van der Waals surface area contributed by atoms with E-state index in [-0.39, 0.29) is 5.91 Å². The first-order valence-electron chi connectivity index (χ1n) is 7.92. The average molecular weight is 286 g/mol. The van der Waals surface area contributed by atoms with Gasteiger partial charge in [0.05, 0.1) is 11.4 Å². The molecule has 5 nitrogen and oxygen atoms in total. The summed E-state index contributed by atoms with van der Waals surface area (Å²) in [6.45, 7) is 2.29. The van der Waals surface area contributed by atoms with Crippen LogP contribution >= 0.6 is 0 Å². The molecule has 0 radical (unpaired) electrons. The van der Waals surface area contributed by atoms with E-state index in [1.54, 1.807) is 0 Å². The standard InChI is InChI=1S/C16H22N4O/c17-13-7-10-1-4-16(21)19-14(10)8-15(13)18-11-5-6-20(9-11)12-2-3-12/h7-8,11-12,18H,1-6,9,17H2,(H,19,21). The Balaban J connectivity index is 1.49. The van der Waals surface area contributed by atoms with Crippen LogP contribution in [0, 0.1) is 0 Å². The van der Waals surface area contributed by atoms with Crippen molar-refractivity contribution in [2.75, 3.05) is 29.5 Å². The lowest BCUT2D eigenvalue weighted by Crippen LogP contribution is -2.28. The van der Waals surface area contributed by atoms with E-state index in [1.165, 1.54) is 25.8 Å². The number of nitrogens with two attached hydrogens (primary N) is 1. The number of amides is 1. The highest BCUT2D eigenvalue weighted by Crippen LogP contribution is 2.34. The van der Waals surface area contributed by atoms with Gasteiger partial charge in [-0.15, -0.1) is 0 Å². The molecular formula is C16H22N4O. The zero-order valence-electron chi connectivity index (χ0n) is 12.2. The van der Waals surface area contributed by atoms with Crippen LogP contribution in [0.25, 0.3) is 0 Å². The molecule has 1 atom stereocenters. The van der Waals surface area contributed by atoms with E-state index in [2.05, 4.69) is 15.5 Å². The molecule has 1 aromatic carbocycles. The molecule has 1 saturated heterocycles. The second kappa shape index (κ2) is 4.91. The first-order chi connectivity index (χ1) is 10.2. The topological polar surface area (TPSA) is 70.4 Å². The summed E-state index contributed by atoms with van der Waals surface area (Å²) in [5.41, 5.74) is 9.98.